The Morgan fingerprint density at radius 3 is 2.69 bits per heavy atom. The van der Waals surface area contributed by atoms with E-state index < -0.39 is 10.0 Å². The van der Waals surface area contributed by atoms with E-state index in [1.165, 1.54) is 38.2 Å². The van der Waals surface area contributed by atoms with Crippen LogP contribution in [-0.2, 0) is 21.2 Å². The van der Waals surface area contributed by atoms with E-state index in [0.29, 0.717) is 11.7 Å². The predicted molar refractivity (Wildman–Crippen MR) is 115 cm³/mol. The van der Waals surface area contributed by atoms with Crippen molar-refractivity contribution in [1.29, 1.82) is 0 Å². The van der Waals surface area contributed by atoms with Crippen LogP contribution in [0.25, 0.3) is 6.08 Å². The van der Waals surface area contributed by atoms with Crippen LogP contribution in [0.5, 0.6) is 0 Å². The molecular formula is C21H28N4O3S. The summed E-state index contributed by atoms with van der Waals surface area (Å²) in [4.78, 5) is 12.1. The largest absolute Gasteiger partial charge is 0.309 e. The van der Waals surface area contributed by atoms with Crippen molar-refractivity contribution in [2.24, 2.45) is 5.92 Å². The minimum absolute atomic E-state index is 0.0205. The second-order valence-corrected chi connectivity index (χ2v) is 9.09. The third-order valence-electron chi connectivity index (χ3n) is 5.03. The molecule has 8 heteroatoms. The number of H-pyrrole nitrogens is 1. The fourth-order valence-electron chi connectivity index (χ4n) is 3.53. The van der Waals surface area contributed by atoms with Gasteiger partial charge >= 0.3 is 0 Å². The van der Waals surface area contributed by atoms with Gasteiger partial charge in [-0.3, -0.25) is 9.89 Å². The zero-order chi connectivity index (χ0) is 20.5. The Kier molecular flexibility index (Phi) is 7.60. The molecule has 1 amide bonds. The molecule has 1 saturated carbocycles. The Hall–Kier alpha value is -2.45. The Bertz CT molecular complexity index is 916. The van der Waals surface area contributed by atoms with E-state index in [1.807, 2.05) is 36.4 Å². The molecule has 1 aromatic heterocycles. The van der Waals surface area contributed by atoms with Crippen LogP contribution in [0, 0.1) is 5.92 Å². The number of hydrogen-bond acceptors (Lipinski definition) is 4. The summed E-state index contributed by atoms with van der Waals surface area (Å²) in [7, 11) is -3.59. The summed E-state index contributed by atoms with van der Waals surface area (Å²) in [5.74, 6) is 0.884. The first-order valence-electron chi connectivity index (χ1n) is 10.1. The van der Waals surface area contributed by atoms with E-state index in [0.717, 1.165) is 23.1 Å². The third kappa shape index (κ3) is 7.47. The molecule has 156 valence electrons. The average Bonchev–Trinajstić information content (AvgIpc) is 3.14. The van der Waals surface area contributed by atoms with Gasteiger partial charge in [-0.2, -0.15) is 5.10 Å². The Morgan fingerprint density at radius 1 is 1.17 bits per heavy atom. The maximum absolute atomic E-state index is 12.1. The summed E-state index contributed by atoms with van der Waals surface area (Å²) in [5, 5.41) is 10.9. The van der Waals surface area contributed by atoms with Gasteiger partial charge < -0.3 is 5.32 Å². The van der Waals surface area contributed by atoms with Crippen molar-refractivity contribution in [3.05, 3.63) is 53.1 Å². The number of anilines is 1. The van der Waals surface area contributed by atoms with Crippen molar-refractivity contribution in [2.75, 3.05) is 11.9 Å². The van der Waals surface area contributed by atoms with Crippen molar-refractivity contribution in [2.45, 2.75) is 44.9 Å². The smallest absolute Gasteiger partial charge is 0.233 e. The van der Waals surface area contributed by atoms with Crippen LogP contribution in [0.4, 0.5) is 5.82 Å². The number of benzene rings is 1. The normalized spacial score (nSPS) is 15.6. The monoisotopic (exact) mass is 416 g/mol. The maximum atomic E-state index is 12.1. The van der Waals surface area contributed by atoms with E-state index >= 15 is 0 Å². The highest BCUT2D eigenvalue weighted by Gasteiger charge is 2.15. The summed E-state index contributed by atoms with van der Waals surface area (Å²) >= 11 is 0. The fourth-order valence-corrected chi connectivity index (χ4v) is 4.34. The molecule has 0 atom stereocenters. The van der Waals surface area contributed by atoms with Crippen molar-refractivity contribution < 1.29 is 13.2 Å². The van der Waals surface area contributed by atoms with E-state index in [-0.39, 0.29) is 18.9 Å². The number of sulfonamides is 1. The van der Waals surface area contributed by atoms with Crippen molar-refractivity contribution >= 4 is 27.8 Å². The van der Waals surface area contributed by atoms with Gasteiger partial charge in [0.2, 0.25) is 15.9 Å². The maximum Gasteiger partial charge on any atom is 0.233 e. The summed E-state index contributed by atoms with van der Waals surface area (Å²) in [6.45, 7) is 0.0205. The van der Waals surface area contributed by atoms with Gasteiger partial charge in [0.25, 0.3) is 0 Å². The van der Waals surface area contributed by atoms with Crippen LogP contribution in [0.15, 0.2) is 41.8 Å². The summed E-state index contributed by atoms with van der Waals surface area (Å²) < 4.78 is 26.4. The zero-order valence-electron chi connectivity index (χ0n) is 16.4. The van der Waals surface area contributed by atoms with E-state index in [2.05, 4.69) is 20.2 Å². The number of aromatic amines is 1. The topological polar surface area (TPSA) is 104 Å². The molecule has 0 unspecified atom stereocenters. The highest BCUT2D eigenvalue weighted by Crippen LogP contribution is 2.26. The summed E-state index contributed by atoms with van der Waals surface area (Å²) in [6, 6.07) is 11.0. The molecule has 1 aromatic carbocycles. The molecule has 1 heterocycles. The molecular weight excluding hydrogens is 388 g/mol. The second kappa shape index (κ2) is 10.4. The predicted octanol–water partition coefficient (Wildman–Crippen LogP) is 3.45. The lowest BCUT2D eigenvalue weighted by atomic mass is 9.86. The number of amides is 1. The first-order chi connectivity index (χ1) is 14.0. The molecule has 0 bridgehead atoms. The van der Waals surface area contributed by atoms with E-state index in [9.17, 15) is 13.2 Å². The number of nitrogens with one attached hydrogen (secondary N) is 3. The Balaban J connectivity index is 1.40. The molecule has 0 radical (unpaired) electrons. The molecule has 3 rings (SSSR count). The Labute approximate surface area is 172 Å². The fraction of sp³-hybridized carbons (Fsp3) is 0.429. The molecule has 7 nitrogen and oxygen atoms in total. The van der Waals surface area contributed by atoms with Crippen molar-refractivity contribution in [3.8, 4) is 0 Å². The first kappa shape index (κ1) is 21.3. The number of nitrogens with zero attached hydrogens (tertiary/aromatic N) is 1. The number of aromatic nitrogens is 2. The molecule has 0 spiro atoms. The minimum atomic E-state index is -3.59. The molecule has 0 aliphatic heterocycles. The number of hydrogen-bond donors (Lipinski definition) is 3. The van der Waals surface area contributed by atoms with Crippen LogP contribution in [0.2, 0.25) is 0 Å². The van der Waals surface area contributed by atoms with Gasteiger partial charge in [0.05, 0.1) is 0 Å². The van der Waals surface area contributed by atoms with Crippen LogP contribution in [0.3, 0.4) is 0 Å². The van der Waals surface area contributed by atoms with Gasteiger partial charge in [-0.15, -0.1) is 0 Å². The lowest BCUT2D eigenvalue weighted by molar-refractivity contribution is -0.116. The molecule has 0 saturated heterocycles. The lowest BCUT2D eigenvalue weighted by Gasteiger charge is -2.20. The van der Waals surface area contributed by atoms with Gasteiger partial charge in [-0.05, 0) is 24.0 Å². The molecule has 3 N–H and O–H groups in total. The number of carbonyl (C=O) groups excluding carboxylic acids is 1. The molecule has 1 aliphatic rings. The highest BCUT2D eigenvalue weighted by molar-refractivity contribution is 7.92. The molecule has 1 fully saturated rings. The quantitative estimate of drug-likeness (QED) is 0.582. The Morgan fingerprint density at radius 2 is 1.93 bits per heavy atom. The average molecular weight is 417 g/mol. The lowest BCUT2D eigenvalue weighted by Crippen LogP contribution is -2.26. The van der Waals surface area contributed by atoms with Gasteiger partial charge in [0.1, 0.15) is 0 Å². The molecule has 29 heavy (non-hydrogen) atoms. The van der Waals surface area contributed by atoms with Gasteiger partial charge in [0.15, 0.2) is 5.82 Å². The molecule has 2 aromatic rings. The highest BCUT2D eigenvalue weighted by atomic mass is 32.2. The zero-order valence-corrected chi connectivity index (χ0v) is 17.2. The van der Waals surface area contributed by atoms with E-state index in [4.69, 9.17) is 0 Å². The molecule has 1 aliphatic carbocycles. The van der Waals surface area contributed by atoms with E-state index in [1.54, 1.807) is 0 Å². The van der Waals surface area contributed by atoms with Crippen LogP contribution in [-0.4, -0.2) is 31.1 Å². The third-order valence-corrected chi connectivity index (χ3v) is 6.13. The number of rotatable bonds is 9. The van der Waals surface area contributed by atoms with Gasteiger partial charge in [-0.1, -0.05) is 62.4 Å². The van der Waals surface area contributed by atoms with Crippen molar-refractivity contribution in [1.82, 2.24) is 14.9 Å². The van der Waals surface area contributed by atoms with Crippen molar-refractivity contribution in [3.63, 3.8) is 0 Å². The minimum Gasteiger partial charge on any atom is -0.309 e. The second-order valence-electron chi connectivity index (χ2n) is 7.44. The van der Waals surface area contributed by atoms with Crippen LogP contribution in [0.1, 0.15) is 49.8 Å². The number of carbonyl (C=O) groups is 1. The first-order valence-corrected chi connectivity index (χ1v) is 11.6. The van der Waals surface area contributed by atoms with Crippen LogP contribution >= 0.6 is 0 Å². The SMILES string of the molecule is O=C(CCNS(=O)(=O)/C=C/c1ccccc1)Nc1cc(CC2CCCCC2)[nH]n1. The standard InChI is InChI=1S/C21H28N4O3S/c26-21(11-13-22-29(27,28)14-12-17-7-3-1-4-8-17)23-20-16-19(24-25-20)15-18-9-5-2-6-10-18/h1,3-4,7-8,12,14,16,18,22H,2,5-6,9-11,13,15H2,(H2,23,24,25,26)/b14-12+. The van der Waals surface area contributed by atoms with Crippen LogP contribution < -0.4 is 10.0 Å². The summed E-state index contributed by atoms with van der Waals surface area (Å²) in [6.07, 6.45) is 8.91. The van der Waals surface area contributed by atoms with Gasteiger partial charge in [-0.25, -0.2) is 13.1 Å². The summed E-state index contributed by atoms with van der Waals surface area (Å²) in [5.41, 5.74) is 1.82. The van der Waals surface area contributed by atoms with Gasteiger partial charge in [0, 0.05) is 30.1 Å².